The van der Waals surface area contributed by atoms with E-state index in [0.29, 0.717) is 5.56 Å². The summed E-state index contributed by atoms with van der Waals surface area (Å²) in [7, 11) is -4.32. The Kier molecular flexibility index (Phi) is 13.7. The van der Waals surface area contributed by atoms with Crippen LogP contribution in [0.2, 0.25) is 10.0 Å². The van der Waals surface area contributed by atoms with Crippen LogP contribution >= 0.6 is 30.8 Å². The Morgan fingerprint density at radius 2 is 1.37 bits per heavy atom. The fraction of sp³-hybridized carbons (Fsp3) is 0.500. The molecule has 0 radical (unpaired) electrons. The third-order valence-electron chi connectivity index (χ3n) is 5.97. The standard InChI is InChI=1S/C30H40Cl2NO9P/c1-21(34)33(40-18-22-11-9-8-10-12-22)16-15-26(23-13-14-24(31)25(32)17-23)43(37,41-19-38-27(35)29(2,3)4)42-20-39-28(36)30(5,6)7/h8-14,17,26H,15-16,18-20H2,1-7H3. The minimum absolute atomic E-state index is 0.00988. The average Bonchev–Trinajstić information content (AvgIpc) is 2.91. The topological polar surface area (TPSA) is 118 Å². The van der Waals surface area contributed by atoms with E-state index in [0.717, 1.165) is 10.6 Å². The van der Waals surface area contributed by atoms with Crippen molar-refractivity contribution in [3.8, 4) is 0 Å². The lowest BCUT2D eigenvalue weighted by Gasteiger charge is -2.30. The van der Waals surface area contributed by atoms with Crippen molar-refractivity contribution in [2.75, 3.05) is 20.1 Å². The van der Waals surface area contributed by atoms with E-state index in [2.05, 4.69) is 0 Å². The number of rotatable bonds is 14. The highest BCUT2D eigenvalue weighted by Crippen LogP contribution is 2.63. The molecule has 2 rings (SSSR count). The van der Waals surface area contributed by atoms with Crippen LogP contribution in [0.3, 0.4) is 0 Å². The van der Waals surface area contributed by atoms with Gasteiger partial charge in [-0.1, -0.05) is 59.6 Å². The third-order valence-corrected chi connectivity index (χ3v) is 8.96. The number of esters is 2. The minimum atomic E-state index is -4.32. The summed E-state index contributed by atoms with van der Waals surface area (Å²) >= 11 is 12.4. The Morgan fingerprint density at radius 1 is 0.837 bits per heavy atom. The summed E-state index contributed by atoms with van der Waals surface area (Å²) < 4.78 is 36.2. The van der Waals surface area contributed by atoms with Crippen molar-refractivity contribution in [1.82, 2.24) is 5.06 Å². The van der Waals surface area contributed by atoms with Gasteiger partial charge in [0.2, 0.25) is 19.5 Å². The largest absolute Gasteiger partial charge is 0.438 e. The number of carbonyl (C=O) groups is 3. The Labute approximate surface area is 263 Å². The number of hydrogen-bond donors (Lipinski definition) is 0. The lowest BCUT2D eigenvalue weighted by Crippen LogP contribution is -2.31. The number of halogens is 2. The second-order valence-corrected chi connectivity index (χ2v) is 14.8. The van der Waals surface area contributed by atoms with Crippen LogP contribution in [0.4, 0.5) is 0 Å². The maximum atomic E-state index is 14.5. The molecule has 2 aromatic rings. The fourth-order valence-electron chi connectivity index (χ4n) is 3.46. The Morgan fingerprint density at radius 3 is 1.84 bits per heavy atom. The molecule has 1 amide bonds. The molecule has 0 heterocycles. The molecule has 0 aliphatic carbocycles. The van der Waals surface area contributed by atoms with Gasteiger partial charge < -0.3 is 9.47 Å². The zero-order valence-electron chi connectivity index (χ0n) is 25.6. The van der Waals surface area contributed by atoms with Gasteiger partial charge in [0.1, 0.15) is 6.61 Å². The quantitative estimate of drug-likeness (QED) is 0.0869. The van der Waals surface area contributed by atoms with Crippen molar-refractivity contribution < 1.29 is 42.3 Å². The maximum Gasteiger partial charge on any atom is 0.343 e. The molecule has 238 valence electrons. The summed E-state index contributed by atoms with van der Waals surface area (Å²) in [5, 5.41) is 1.58. The maximum absolute atomic E-state index is 14.5. The third kappa shape index (κ3) is 11.9. The molecule has 0 aliphatic rings. The summed E-state index contributed by atoms with van der Waals surface area (Å²) in [6.45, 7) is 9.93. The van der Waals surface area contributed by atoms with Crippen LogP contribution in [0.15, 0.2) is 48.5 Å². The van der Waals surface area contributed by atoms with E-state index < -0.39 is 55.5 Å². The summed E-state index contributed by atoms with van der Waals surface area (Å²) in [5.74, 6) is -1.58. The molecule has 0 saturated carbocycles. The number of nitrogens with zero attached hydrogens (tertiary/aromatic N) is 1. The number of amides is 1. The van der Waals surface area contributed by atoms with E-state index in [1.807, 2.05) is 30.3 Å². The molecule has 0 saturated heterocycles. The van der Waals surface area contributed by atoms with Crippen molar-refractivity contribution in [2.45, 2.75) is 67.2 Å². The van der Waals surface area contributed by atoms with E-state index in [4.69, 9.17) is 46.6 Å². The number of benzene rings is 2. The van der Waals surface area contributed by atoms with Crippen LogP contribution in [-0.2, 0) is 48.9 Å². The first-order chi connectivity index (χ1) is 19.9. The molecule has 1 unspecified atom stereocenters. The first-order valence-corrected chi connectivity index (χ1v) is 15.9. The van der Waals surface area contributed by atoms with E-state index in [1.54, 1.807) is 47.6 Å². The molecule has 13 heteroatoms. The van der Waals surface area contributed by atoms with Gasteiger partial charge in [0.25, 0.3) is 0 Å². The number of ether oxygens (including phenoxy) is 2. The number of carbonyl (C=O) groups excluding carboxylic acids is 3. The molecule has 0 aliphatic heterocycles. The number of hydroxylamine groups is 2. The van der Waals surface area contributed by atoms with Gasteiger partial charge in [0.05, 0.1) is 26.5 Å². The van der Waals surface area contributed by atoms with E-state index in [9.17, 15) is 18.9 Å². The van der Waals surface area contributed by atoms with Crippen molar-refractivity contribution in [2.24, 2.45) is 10.8 Å². The fourth-order valence-corrected chi connectivity index (χ4v) is 5.56. The highest BCUT2D eigenvalue weighted by atomic mass is 35.5. The SMILES string of the molecule is CC(=O)N(CCC(c1ccc(Cl)c(Cl)c1)P(=O)(OCOC(=O)C(C)(C)C)OCOC(=O)C(C)(C)C)OCc1ccccc1. The normalized spacial score (nSPS) is 12.9. The predicted octanol–water partition coefficient (Wildman–Crippen LogP) is 7.72. The first-order valence-electron chi connectivity index (χ1n) is 13.6. The monoisotopic (exact) mass is 659 g/mol. The molecule has 10 nitrogen and oxygen atoms in total. The van der Waals surface area contributed by atoms with Gasteiger partial charge in [0, 0.05) is 13.5 Å². The Balaban J connectivity index is 2.39. The molecule has 0 bridgehead atoms. The Hall–Kier alpha value is -2.46. The molecule has 43 heavy (non-hydrogen) atoms. The van der Waals surface area contributed by atoms with Crippen LogP contribution in [0, 0.1) is 10.8 Å². The summed E-state index contributed by atoms with van der Waals surface area (Å²) in [4.78, 5) is 43.0. The van der Waals surface area contributed by atoms with Crippen molar-refractivity contribution in [3.05, 3.63) is 69.7 Å². The van der Waals surface area contributed by atoms with Gasteiger partial charge >= 0.3 is 19.5 Å². The zero-order valence-corrected chi connectivity index (χ0v) is 28.0. The van der Waals surface area contributed by atoms with E-state index in [1.165, 1.54) is 19.1 Å². The Bertz CT molecular complexity index is 1260. The van der Waals surface area contributed by atoms with Gasteiger partial charge in [-0.3, -0.25) is 32.8 Å². The van der Waals surface area contributed by atoms with Crippen LogP contribution in [0.25, 0.3) is 0 Å². The van der Waals surface area contributed by atoms with Crippen molar-refractivity contribution >= 4 is 48.6 Å². The van der Waals surface area contributed by atoms with Gasteiger partial charge in [-0.2, -0.15) is 0 Å². The van der Waals surface area contributed by atoms with Gasteiger partial charge in [-0.15, -0.1) is 0 Å². The zero-order chi connectivity index (χ0) is 32.4. The van der Waals surface area contributed by atoms with E-state index in [-0.39, 0.29) is 29.6 Å². The van der Waals surface area contributed by atoms with Crippen LogP contribution in [0.5, 0.6) is 0 Å². The minimum Gasteiger partial charge on any atom is -0.438 e. The lowest BCUT2D eigenvalue weighted by atomic mass is 9.98. The molecule has 2 aromatic carbocycles. The molecule has 0 N–H and O–H groups in total. The highest BCUT2D eigenvalue weighted by Gasteiger charge is 2.40. The predicted molar refractivity (Wildman–Crippen MR) is 163 cm³/mol. The van der Waals surface area contributed by atoms with Crippen LogP contribution in [0.1, 0.15) is 71.7 Å². The lowest BCUT2D eigenvalue weighted by molar-refractivity contribution is -0.189. The van der Waals surface area contributed by atoms with Crippen molar-refractivity contribution in [3.63, 3.8) is 0 Å². The summed E-state index contributed by atoms with van der Waals surface area (Å²) in [6.07, 6.45) is -0.00988. The molecule has 0 aromatic heterocycles. The smallest absolute Gasteiger partial charge is 0.343 e. The van der Waals surface area contributed by atoms with E-state index >= 15 is 0 Å². The van der Waals surface area contributed by atoms with Gasteiger partial charge in [0.15, 0.2) is 0 Å². The van der Waals surface area contributed by atoms with Crippen molar-refractivity contribution in [1.29, 1.82) is 0 Å². The summed E-state index contributed by atoms with van der Waals surface area (Å²) in [6, 6.07) is 13.9. The second kappa shape index (κ2) is 16.0. The van der Waals surface area contributed by atoms with Crippen LogP contribution < -0.4 is 0 Å². The van der Waals surface area contributed by atoms with Crippen LogP contribution in [-0.4, -0.2) is 43.0 Å². The average molecular weight is 661 g/mol. The first kappa shape index (κ1) is 36.7. The molecule has 0 spiro atoms. The van der Waals surface area contributed by atoms with Gasteiger partial charge in [-0.05, 0) is 71.2 Å². The summed E-state index contributed by atoms with van der Waals surface area (Å²) in [5.41, 5.74) is -1.54. The highest BCUT2D eigenvalue weighted by molar-refractivity contribution is 7.54. The molecular formula is C30H40Cl2NO9P. The molecular weight excluding hydrogens is 620 g/mol. The second-order valence-electron chi connectivity index (χ2n) is 11.8. The number of hydrogen-bond acceptors (Lipinski definition) is 9. The van der Waals surface area contributed by atoms with Gasteiger partial charge in [-0.25, -0.2) is 5.06 Å². The molecule has 0 fully saturated rings. The molecule has 1 atom stereocenters.